The topological polar surface area (TPSA) is 52.7 Å². The summed E-state index contributed by atoms with van der Waals surface area (Å²) < 4.78 is 0. The van der Waals surface area contributed by atoms with Gasteiger partial charge < -0.3 is 10.2 Å². The zero-order valence-electron chi connectivity index (χ0n) is 15.8. The van der Waals surface area contributed by atoms with Crippen molar-refractivity contribution in [3.63, 3.8) is 0 Å². The van der Waals surface area contributed by atoms with Crippen molar-refractivity contribution in [3.05, 3.63) is 63.6 Å². The van der Waals surface area contributed by atoms with Crippen molar-refractivity contribution in [1.29, 1.82) is 0 Å². The molecule has 1 unspecified atom stereocenters. The molecule has 0 aliphatic rings. The van der Waals surface area contributed by atoms with E-state index in [4.69, 9.17) is 23.2 Å². The Bertz CT molecular complexity index is 822. The summed E-state index contributed by atoms with van der Waals surface area (Å²) in [5.74, 6) is -0.234. The normalized spacial score (nSPS) is 12.0. The van der Waals surface area contributed by atoms with E-state index in [0.717, 1.165) is 5.56 Å². The van der Waals surface area contributed by atoms with Crippen molar-refractivity contribution >= 4 is 40.7 Å². The summed E-state index contributed by atoms with van der Waals surface area (Å²) >= 11 is 12.2. The van der Waals surface area contributed by atoms with E-state index >= 15 is 0 Å². The summed E-state index contributed by atoms with van der Waals surface area (Å²) in [6, 6.07) is 12.1. The molecule has 1 N–H and O–H groups in total. The average molecular weight is 408 g/mol. The Kier molecular flexibility index (Phi) is 7.25. The number of carbonyl (C=O) groups excluding carboxylic acids is 2. The predicted octanol–water partition coefficient (Wildman–Crippen LogP) is 4.33. The Morgan fingerprint density at radius 3 is 2.22 bits per heavy atom. The SMILES string of the molecule is CC(c1ccc(Cl)cc1Cl)N(C)CC(=O)Nc1ccc(C(=O)N(C)C)cc1. The number of hydrogen-bond acceptors (Lipinski definition) is 3. The van der Waals surface area contributed by atoms with Crippen LogP contribution >= 0.6 is 23.2 Å². The first-order valence-corrected chi connectivity index (χ1v) is 9.21. The molecule has 0 saturated heterocycles. The van der Waals surface area contributed by atoms with Gasteiger partial charge in [-0.1, -0.05) is 29.3 Å². The van der Waals surface area contributed by atoms with Crippen molar-refractivity contribution < 1.29 is 9.59 Å². The van der Waals surface area contributed by atoms with Gasteiger partial charge in [0.25, 0.3) is 5.91 Å². The monoisotopic (exact) mass is 407 g/mol. The molecule has 0 bridgehead atoms. The molecule has 27 heavy (non-hydrogen) atoms. The summed E-state index contributed by atoms with van der Waals surface area (Å²) in [5.41, 5.74) is 2.12. The summed E-state index contributed by atoms with van der Waals surface area (Å²) in [5, 5.41) is 3.99. The third-order valence-corrected chi connectivity index (χ3v) is 4.85. The maximum Gasteiger partial charge on any atom is 0.253 e. The van der Waals surface area contributed by atoms with Crippen molar-refractivity contribution in [2.24, 2.45) is 0 Å². The molecule has 144 valence electrons. The van der Waals surface area contributed by atoms with Crippen LogP contribution in [0.15, 0.2) is 42.5 Å². The summed E-state index contributed by atoms with van der Waals surface area (Å²) in [6.07, 6.45) is 0. The molecule has 0 saturated carbocycles. The van der Waals surface area contributed by atoms with Crippen molar-refractivity contribution in [2.45, 2.75) is 13.0 Å². The highest BCUT2D eigenvalue weighted by Crippen LogP contribution is 2.28. The molecule has 0 aliphatic heterocycles. The zero-order chi connectivity index (χ0) is 20.1. The van der Waals surface area contributed by atoms with Crippen molar-refractivity contribution in [3.8, 4) is 0 Å². The fourth-order valence-electron chi connectivity index (χ4n) is 2.60. The Balaban J connectivity index is 1.97. The molecule has 2 amide bonds. The van der Waals surface area contributed by atoms with Crippen molar-refractivity contribution in [1.82, 2.24) is 9.80 Å². The van der Waals surface area contributed by atoms with E-state index in [1.807, 2.05) is 24.9 Å². The van der Waals surface area contributed by atoms with E-state index < -0.39 is 0 Å². The lowest BCUT2D eigenvalue weighted by molar-refractivity contribution is -0.117. The van der Waals surface area contributed by atoms with Gasteiger partial charge in [-0.3, -0.25) is 14.5 Å². The predicted molar refractivity (Wildman–Crippen MR) is 111 cm³/mol. The molecule has 0 aromatic heterocycles. The van der Waals surface area contributed by atoms with Crippen molar-refractivity contribution in [2.75, 3.05) is 33.0 Å². The Morgan fingerprint density at radius 2 is 1.67 bits per heavy atom. The first kappa shape index (κ1) is 21.2. The first-order valence-electron chi connectivity index (χ1n) is 8.45. The highest BCUT2D eigenvalue weighted by atomic mass is 35.5. The molecule has 2 rings (SSSR count). The molecule has 5 nitrogen and oxygen atoms in total. The van der Waals surface area contributed by atoms with Crippen LogP contribution in [0.1, 0.15) is 28.9 Å². The van der Waals surface area contributed by atoms with E-state index in [-0.39, 0.29) is 24.4 Å². The van der Waals surface area contributed by atoms with Crippen LogP contribution in [0.25, 0.3) is 0 Å². The summed E-state index contributed by atoms with van der Waals surface area (Å²) in [4.78, 5) is 27.6. The number of carbonyl (C=O) groups is 2. The molecule has 1 atom stereocenters. The lowest BCUT2D eigenvalue weighted by Gasteiger charge is -2.25. The fourth-order valence-corrected chi connectivity index (χ4v) is 3.16. The van der Waals surface area contributed by atoms with Gasteiger partial charge in [0.05, 0.1) is 6.54 Å². The number of halogens is 2. The second-order valence-corrected chi connectivity index (χ2v) is 7.43. The fraction of sp³-hybridized carbons (Fsp3) is 0.300. The number of benzene rings is 2. The lowest BCUT2D eigenvalue weighted by atomic mass is 10.1. The van der Waals surface area contributed by atoms with Gasteiger partial charge in [0.2, 0.25) is 5.91 Å². The van der Waals surface area contributed by atoms with Crippen LogP contribution < -0.4 is 5.32 Å². The van der Waals surface area contributed by atoms with E-state index in [1.54, 1.807) is 50.5 Å². The lowest BCUT2D eigenvalue weighted by Crippen LogP contribution is -2.32. The maximum absolute atomic E-state index is 12.3. The van der Waals surface area contributed by atoms with Crippen LogP contribution in [0.2, 0.25) is 10.0 Å². The molecular weight excluding hydrogens is 385 g/mol. The second-order valence-electron chi connectivity index (χ2n) is 6.58. The summed E-state index contributed by atoms with van der Waals surface area (Å²) in [6.45, 7) is 2.17. The van der Waals surface area contributed by atoms with Crippen LogP contribution in [-0.4, -0.2) is 49.3 Å². The molecule has 0 heterocycles. The van der Waals surface area contributed by atoms with Crippen LogP contribution in [0, 0.1) is 0 Å². The Labute approximate surface area is 169 Å². The van der Waals surface area contributed by atoms with Gasteiger partial charge >= 0.3 is 0 Å². The van der Waals surface area contributed by atoms with E-state index in [1.165, 1.54) is 4.90 Å². The number of nitrogens with one attached hydrogen (secondary N) is 1. The minimum absolute atomic E-state index is 0.0550. The number of hydrogen-bond donors (Lipinski definition) is 1. The minimum atomic E-state index is -0.152. The number of nitrogens with zero attached hydrogens (tertiary/aromatic N) is 2. The van der Waals surface area contributed by atoms with Gasteiger partial charge in [-0.05, 0) is 55.9 Å². The number of likely N-dealkylation sites (N-methyl/N-ethyl adjacent to an activating group) is 1. The van der Waals surface area contributed by atoms with E-state index in [9.17, 15) is 9.59 Å². The summed E-state index contributed by atoms with van der Waals surface area (Å²) in [7, 11) is 5.25. The number of anilines is 1. The van der Waals surface area contributed by atoms with Crippen LogP contribution in [0.4, 0.5) is 5.69 Å². The number of rotatable bonds is 6. The molecule has 0 radical (unpaired) electrons. The van der Waals surface area contributed by atoms with Gasteiger partial charge in [0, 0.05) is 41.4 Å². The van der Waals surface area contributed by atoms with Gasteiger partial charge in [-0.2, -0.15) is 0 Å². The van der Waals surface area contributed by atoms with Gasteiger partial charge in [0.15, 0.2) is 0 Å². The third-order valence-electron chi connectivity index (χ3n) is 4.29. The van der Waals surface area contributed by atoms with Gasteiger partial charge in [0.1, 0.15) is 0 Å². The quantitative estimate of drug-likeness (QED) is 0.774. The largest absolute Gasteiger partial charge is 0.345 e. The Hall–Kier alpha value is -2.08. The molecule has 0 fully saturated rings. The smallest absolute Gasteiger partial charge is 0.253 e. The minimum Gasteiger partial charge on any atom is -0.345 e. The molecule has 0 spiro atoms. The molecule has 2 aromatic rings. The third kappa shape index (κ3) is 5.70. The van der Waals surface area contributed by atoms with Gasteiger partial charge in [-0.25, -0.2) is 0 Å². The van der Waals surface area contributed by atoms with Crippen LogP contribution in [-0.2, 0) is 4.79 Å². The Morgan fingerprint density at radius 1 is 1.04 bits per heavy atom. The van der Waals surface area contributed by atoms with E-state index in [2.05, 4.69) is 5.32 Å². The highest BCUT2D eigenvalue weighted by Gasteiger charge is 2.18. The average Bonchev–Trinajstić information content (AvgIpc) is 2.61. The molecule has 7 heteroatoms. The zero-order valence-corrected chi connectivity index (χ0v) is 17.3. The number of amides is 2. The molecule has 2 aromatic carbocycles. The van der Waals surface area contributed by atoms with Crippen LogP contribution in [0.5, 0.6) is 0 Å². The standard InChI is InChI=1S/C20H23Cl2N3O2/c1-13(17-10-7-15(21)11-18(17)22)25(4)12-19(26)23-16-8-5-14(6-9-16)20(27)24(2)3/h5-11,13H,12H2,1-4H3,(H,23,26). The van der Waals surface area contributed by atoms with Crippen LogP contribution in [0.3, 0.4) is 0 Å². The molecule has 0 aliphatic carbocycles. The van der Waals surface area contributed by atoms with E-state index in [0.29, 0.717) is 21.3 Å². The second kappa shape index (κ2) is 9.22. The highest BCUT2D eigenvalue weighted by molar-refractivity contribution is 6.35. The molecular formula is C20H23Cl2N3O2. The van der Waals surface area contributed by atoms with Gasteiger partial charge in [-0.15, -0.1) is 0 Å². The first-order chi connectivity index (χ1) is 12.7. The maximum atomic E-state index is 12.3.